The van der Waals surface area contributed by atoms with Crippen molar-refractivity contribution < 1.29 is 24.2 Å². The van der Waals surface area contributed by atoms with Crippen LogP contribution in [0.5, 0.6) is 11.6 Å². The fourth-order valence-electron chi connectivity index (χ4n) is 4.25. The van der Waals surface area contributed by atoms with Gasteiger partial charge in [0.25, 0.3) is 5.91 Å². The van der Waals surface area contributed by atoms with E-state index in [2.05, 4.69) is 4.98 Å². The molecule has 1 fully saturated rings. The monoisotopic (exact) mass is 466 g/mol. The largest absolute Gasteiger partial charge is 0.496 e. The van der Waals surface area contributed by atoms with E-state index in [9.17, 15) is 14.7 Å². The van der Waals surface area contributed by atoms with Gasteiger partial charge in [-0.2, -0.15) is 0 Å². The second-order valence-corrected chi connectivity index (χ2v) is 8.09. The second kappa shape index (κ2) is 9.50. The summed E-state index contributed by atoms with van der Waals surface area (Å²) in [5.74, 6) is -0.355. The van der Waals surface area contributed by atoms with Crippen LogP contribution in [0.4, 0.5) is 0 Å². The van der Waals surface area contributed by atoms with Gasteiger partial charge in [-0.1, -0.05) is 41.9 Å². The van der Waals surface area contributed by atoms with Gasteiger partial charge in [0.2, 0.25) is 5.88 Å². The zero-order valence-corrected chi connectivity index (χ0v) is 19.0. The third-order valence-electron chi connectivity index (χ3n) is 5.88. The highest BCUT2D eigenvalue weighted by Gasteiger charge is 2.42. The van der Waals surface area contributed by atoms with Crippen molar-refractivity contribution in [1.29, 1.82) is 0 Å². The van der Waals surface area contributed by atoms with Crippen molar-refractivity contribution in [3.8, 4) is 22.8 Å². The predicted octanol–water partition coefficient (Wildman–Crippen LogP) is 4.85. The number of carbonyl (C=O) groups excluding carboxylic acids is 1. The molecule has 1 aliphatic heterocycles. The molecule has 2 aromatic carbocycles. The molecule has 33 heavy (non-hydrogen) atoms. The summed E-state index contributed by atoms with van der Waals surface area (Å²) in [6.07, 6.45) is 2.53. The van der Waals surface area contributed by atoms with Crippen LogP contribution in [0.3, 0.4) is 0 Å². The van der Waals surface area contributed by atoms with E-state index in [0.29, 0.717) is 35.1 Å². The fraction of sp³-hybridized carbons (Fsp3) is 0.240. The number of amides is 1. The number of rotatable bonds is 6. The molecule has 3 aromatic rings. The topological polar surface area (TPSA) is 89.0 Å². The standard InChI is InChI=1S/C25H23ClN2O5/c1-32-22-13-23(33-2)27-14-18(22)15-7-9-16(10-8-15)24(29)28-20(11-12-21(28)25(30)31)17-5-3-4-6-19(17)26/h3-10,13-14,20-21H,11-12H2,1-2H3,(H,30,31)/t20?,21-/m0/s1. The number of carboxylic acid groups (broad SMARTS) is 1. The Morgan fingerprint density at radius 3 is 2.42 bits per heavy atom. The highest BCUT2D eigenvalue weighted by Crippen LogP contribution is 2.40. The molecular formula is C25H23ClN2O5. The molecule has 0 aliphatic carbocycles. The Balaban J connectivity index is 1.66. The summed E-state index contributed by atoms with van der Waals surface area (Å²) >= 11 is 6.37. The number of benzene rings is 2. The summed E-state index contributed by atoms with van der Waals surface area (Å²) < 4.78 is 10.6. The Bertz CT molecular complexity index is 1180. The van der Waals surface area contributed by atoms with Crippen LogP contribution >= 0.6 is 11.6 Å². The van der Waals surface area contributed by atoms with E-state index >= 15 is 0 Å². The van der Waals surface area contributed by atoms with Crippen molar-refractivity contribution >= 4 is 23.5 Å². The van der Waals surface area contributed by atoms with Crippen LogP contribution in [-0.2, 0) is 4.79 Å². The van der Waals surface area contributed by atoms with Gasteiger partial charge in [-0.15, -0.1) is 0 Å². The summed E-state index contributed by atoms with van der Waals surface area (Å²) in [4.78, 5) is 31.1. The molecule has 170 valence electrons. The molecule has 1 aliphatic rings. The number of pyridine rings is 1. The summed E-state index contributed by atoms with van der Waals surface area (Å²) in [6.45, 7) is 0. The van der Waals surface area contributed by atoms with Crippen LogP contribution in [0.2, 0.25) is 5.02 Å². The van der Waals surface area contributed by atoms with E-state index in [1.54, 1.807) is 49.7 Å². The van der Waals surface area contributed by atoms with E-state index in [1.807, 2.05) is 18.2 Å². The Labute approximate surface area is 196 Å². The number of aliphatic carboxylic acids is 1. The van der Waals surface area contributed by atoms with Gasteiger partial charge in [-0.05, 0) is 42.2 Å². The van der Waals surface area contributed by atoms with Crippen LogP contribution < -0.4 is 9.47 Å². The van der Waals surface area contributed by atoms with Gasteiger partial charge < -0.3 is 19.5 Å². The number of likely N-dealkylation sites (tertiary alicyclic amines) is 1. The number of carboxylic acids is 1. The minimum atomic E-state index is -1.02. The predicted molar refractivity (Wildman–Crippen MR) is 124 cm³/mol. The number of methoxy groups -OCH3 is 2. The van der Waals surface area contributed by atoms with Crippen LogP contribution in [0, 0.1) is 0 Å². The molecule has 1 aromatic heterocycles. The first-order chi connectivity index (χ1) is 15.9. The summed E-state index contributed by atoms with van der Waals surface area (Å²) in [6, 6.07) is 14.5. The van der Waals surface area contributed by atoms with E-state index in [-0.39, 0.29) is 5.91 Å². The molecule has 2 atom stereocenters. The minimum Gasteiger partial charge on any atom is -0.496 e. The van der Waals surface area contributed by atoms with Crippen molar-refractivity contribution in [1.82, 2.24) is 9.88 Å². The maximum absolute atomic E-state index is 13.5. The lowest BCUT2D eigenvalue weighted by Gasteiger charge is -2.29. The fourth-order valence-corrected chi connectivity index (χ4v) is 4.51. The van der Waals surface area contributed by atoms with Gasteiger partial charge in [0.15, 0.2) is 0 Å². The molecule has 0 saturated carbocycles. The normalized spacial score (nSPS) is 17.6. The van der Waals surface area contributed by atoms with Gasteiger partial charge >= 0.3 is 5.97 Å². The Hall–Kier alpha value is -3.58. The molecule has 0 bridgehead atoms. The third kappa shape index (κ3) is 4.36. The molecule has 0 radical (unpaired) electrons. The van der Waals surface area contributed by atoms with Crippen LogP contribution in [0.15, 0.2) is 60.8 Å². The van der Waals surface area contributed by atoms with Gasteiger partial charge in [0.1, 0.15) is 11.8 Å². The number of hydrogen-bond donors (Lipinski definition) is 1. The lowest BCUT2D eigenvalue weighted by Crippen LogP contribution is -2.41. The molecule has 0 spiro atoms. The van der Waals surface area contributed by atoms with Gasteiger partial charge in [-0.25, -0.2) is 9.78 Å². The number of ether oxygens (including phenoxy) is 2. The number of aromatic nitrogens is 1. The SMILES string of the molecule is COc1cc(OC)c(-c2ccc(C(=O)N3C(c4ccccc4Cl)CC[C@H]3C(=O)O)cc2)cn1. The van der Waals surface area contributed by atoms with Gasteiger partial charge in [0, 0.05) is 28.4 Å². The molecular weight excluding hydrogens is 444 g/mol. The number of carbonyl (C=O) groups is 2. The summed E-state index contributed by atoms with van der Waals surface area (Å²) in [5, 5.41) is 10.3. The highest BCUT2D eigenvalue weighted by atomic mass is 35.5. The van der Waals surface area contributed by atoms with Crippen molar-refractivity contribution in [2.75, 3.05) is 14.2 Å². The molecule has 1 saturated heterocycles. The van der Waals surface area contributed by atoms with E-state index in [1.165, 1.54) is 12.0 Å². The Kier molecular flexibility index (Phi) is 6.51. The average molecular weight is 467 g/mol. The zero-order chi connectivity index (χ0) is 23.5. The maximum atomic E-state index is 13.5. The first-order valence-corrected chi connectivity index (χ1v) is 10.8. The van der Waals surface area contributed by atoms with Crippen molar-refractivity contribution in [2.45, 2.75) is 24.9 Å². The number of hydrogen-bond acceptors (Lipinski definition) is 5. The second-order valence-electron chi connectivity index (χ2n) is 7.69. The van der Waals surface area contributed by atoms with E-state index < -0.39 is 18.1 Å². The van der Waals surface area contributed by atoms with Crippen LogP contribution in [0.1, 0.15) is 34.8 Å². The maximum Gasteiger partial charge on any atom is 0.326 e. The van der Waals surface area contributed by atoms with Crippen LogP contribution in [0.25, 0.3) is 11.1 Å². The molecule has 1 amide bonds. The highest BCUT2D eigenvalue weighted by molar-refractivity contribution is 6.31. The van der Waals surface area contributed by atoms with Crippen LogP contribution in [-0.4, -0.2) is 47.1 Å². The molecule has 4 rings (SSSR count). The zero-order valence-electron chi connectivity index (χ0n) is 18.2. The van der Waals surface area contributed by atoms with Crippen molar-refractivity contribution in [3.05, 3.63) is 76.9 Å². The molecule has 7 nitrogen and oxygen atoms in total. The lowest BCUT2D eigenvalue weighted by molar-refractivity contribution is -0.141. The molecule has 2 heterocycles. The van der Waals surface area contributed by atoms with E-state index in [4.69, 9.17) is 21.1 Å². The average Bonchev–Trinajstić information content (AvgIpc) is 3.29. The Morgan fingerprint density at radius 1 is 1.06 bits per heavy atom. The minimum absolute atomic E-state index is 0.351. The van der Waals surface area contributed by atoms with Crippen molar-refractivity contribution in [2.24, 2.45) is 0 Å². The molecule has 1 N–H and O–H groups in total. The quantitative estimate of drug-likeness (QED) is 0.558. The van der Waals surface area contributed by atoms with E-state index in [0.717, 1.165) is 16.7 Å². The van der Waals surface area contributed by atoms with Gasteiger partial charge in [0.05, 0.1) is 20.3 Å². The third-order valence-corrected chi connectivity index (χ3v) is 6.23. The van der Waals surface area contributed by atoms with Crippen molar-refractivity contribution in [3.63, 3.8) is 0 Å². The number of halogens is 1. The lowest BCUT2D eigenvalue weighted by atomic mass is 10.0. The first-order valence-electron chi connectivity index (χ1n) is 10.4. The molecule has 8 heteroatoms. The Morgan fingerprint density at radius 2 is 1.79 bits per heavy atom. The first kappa shape index (κ1) is 22.6. The van der Waals surface area contributed by atoms with Gasteiger partial charge in [-0.3, -0.25) is 4.79 Å². The summed E-state index contributed by atoms with van der Waals surface area (Å²) in [5.41, 5.74) is 2.69. The molecule has 1 unspecified atom stereocenters. The number of nitrogens with zero attached hydrogens (tertiary/aromatic N) is 2. The summed E-state index contributed by atoms with van der Waals surface area (Å²) in [7, 11) is 3.09. The smallest absolute Gasteiger partial charge is 0.326 e.